The smallest absolute Gasteiger partial charge is 0.140 e. The van der Waals surface area contributed by atoms with Crippen molar-refractivity contribution in [2.24, 2.45) is 5.73 Å². The highest BCUT2D eigenvalue weighted by molar-refractivity contribution is 8.03. The van der Waals surface area contributed by atoms with E-state index in [0.29, 0.717) is 24.7 Å². The molecule has 0 fully saturated rings. The predicted molar refractivity (Wildman–Crippen MR) is 70.2 cm³/mol. The van der Waals surface area contributed by atoms with Crippen LogP contribution in [-0.4, -0.2) is 24.7 Å². The van der Waals surface area contributed by atoms with Crippen molar-refractivity contribution in [1.82, 2.24) is 0 Å². The van der Waals surface area contributed by atoms with Crippen LogP contribution < -0.4 is 5.73 Å². The summed E-state index contributed by atoms with van der Waals surface area (Å²) < 4.78 is 5.31. The Hall–Kier alpha value is -1.00. The Labute approximate surface area is 101 Å². The van der Waals surface area contributed by atoms with Crippen molar-refractivity contribution in [3.8, 4) is 0 Å². The summed E-state index contributed by atoms with van der Waals surface area (Å²) in [6.07, 6.45) is 5.36. The van der Waals surface area contributed by atoms with E-state index >= 15 is 0 Å². The van der Waals surface area contributed by atoms with E-state index in [9.17, 15) is 4.79 Å². The molecule has 0 atom stereocenters. The third kappa shape index (κ3) is 8.32. The van der Waals surface area contributed by atoms with Gasteiger partial charge in [0.1, 0.15) is 18.1 Å². The van der Waals surface area contributed by atoms with Crippen LogP contribution in [0.1, 0.15) is 13.8 Å². The fourth-order valence-corrected chi connectivity index (χ4v) is 1.41. The number of carbonyl (C=O) groups excluding carboxylic acids is 1. The second-order valence-corrected chi connectivity index (χ2v) is 4.40. The average Bonchev–Trinajstić information content (AvgIpc) is 2.26. The second-order valence-electron chi connectivity index (χ2n) is 3.18. The summed E-state index contributed by atoms with van der Waals surface area (Å²) in [5.41, 5.74) is 5.32. The molecule has 0 aromatic heterocycles. The summed E-state index contributed by atoms with van der Waals surface area (Å²) in [4.78, 5) is 11.8. The fraction of sp³-hybridized carbons (Fsp3) is 0.417. The Morgan fingerprint density at radius 1 is 1.44 bits per heavy atom. The first-order valence-electron chi connectivity index (χ1n) is 5.06. The fourth-order valence-electron chi connectivity index (χ4n) is 0.815. The molecule has 0 saturated carbocycles. The number of ketones is 1. The van der Waals surface area contributed by atoms with E-state index in [0.717, 1.165) is 4.91 Å². The summed E-state index contributed by atoms with van der Waals surface area (Å²) in [5, 5.41) is 0. The van der Waals surface area contributed by atoms with Gasteiger partial charge in [-0.2, -0.15) is 0 Å². The summed E-state index contributed by atoms with van der Waals surface area (Å²) >= 11 is 1.51. The molecule has 0 spiro atoms. The Kier molecular flexibility index (Phi) is 8.66. The lowest BCUT2D eigenvalue weighted by Crippen LogP contribution is -2.07. The van der Waals surface area contributed by atoms with Gasteiger partial charge in [0.2, 0.25) is 0 Å². The van der Waals surface area contributed by atoms with Gasteiger partial charge in [-0.3, -0.25) is 4.79 Å². The molecular weight excluding hydrogens is 222 g/mol. The average molecular weight is 241 g/mol. The van der Waals surface area contributed by atoms with Crippen molar-refractivity contribution >= 4 is 17.5 Å². The van der Waals surface area contributed by atoms with Crippen LogP contribution in [0.25, 0.3) is 0 Å². The molecule has 3 nitrogen and oxygen atoms in total. The van der Waals surface area contributed by atoms with E-state index < -0.39 is 0 Å². The number of rotatable bonds is 8. The quantitative estimate of drug-likeness (QED) is 0.523. The lowest BCUT2D eigenvalue weighted by atomic mass is 10.4. The second kappa shape index (κ2) is 9.24. The van der Waals surface area contributed by atoms with Gasteiger partial charge in [-0.05, 0) is 37.0 Å². The summed E-state index contributed by atoms with van der Waals surface area (Å²) in [6.45, 7) is 8.13. The molecule has 0 aromatic carbocycles. The van der Waals surface area contributed by atoms with E-state index in [1.807, 2.05) is 19.1 Å². The van der Waals surface area contributed by atoms with Crippen molar-refractivity contribution < 1.29 is 9.53 Å². The van der Waals surface area contributed by atoms with E-state index in [4.69, 9.17) is 10.5 Å². The molecule has 2 N–H and O–H groups in total. The van der Waals surface area contributed by atoms with Gasteiger partial charge in [-0.25, -0.2) is 0 Å². The first-order valence-corrected chi connectivity index (χ1v) is 6.04. The topological polar surface area (TPSA) is 52.3 Å². The molecular formula is C12H19NO2S. The number of carbonyl (C=O) groups is 1. The summed E-state index contributed by atoms with van der Waals surface area (Å²) in [5.74, 6) is 1.36. The maximum Gasteiger partial charge on any atom is 0.140 e. The molecule has 0 bridgehead atoms. The number of Topliss-reactive ketones (excluding diaryl/α,β-unsaturated/α-hetero) is 1. The van der Waals surface area contributed by atoms with Gasteiger partial charge in [0.25, 0.3) is 0 Å². The number of nitrogens with two attached hydrogens (primary N) is 1. The monoisotopic (exact) mass is 241 g/mol. The highest BCUT2D eigenvalue weighted by Crippen LogP contribution is 2.15. The number of hydrogen-bond donors (Lipinski definition) is 1. The Morgan fingerprint density at radius 3 is 2.62 bits per heavy atom. The maximum atomic E-state index is 10.8. The first-order chi connectivity index (χ1) is 7.60. The summed E-state index contributed by atoms with van der Waals surface area (Å²) in [6, 6.07) is 0. The van der Waals surface area contributed by atoms with Gasteiger partial charge in [-0.15, -0.1) is 11.8 Å². The molecule has 0 unspecified atom stereocenters. The lowest BCUT2D eigenvalue weighted by Gasteiger charge is -2.03. The highest BCUT2D eigenvalue weighted by atomic mass is 32.2. The number of ether oxygens (including phenoxy) is 1. The van der Waals surface area contributed by atoms with Gasteiger partial charge >= 0.3 is 0 Å². The van der Waals surface area contributed by atoms with E-state index in [1.54, 1.807) is 13.0 Å². The van der Waals surface area contributed by atoms with Crippen LogP contribution in [0.2, 0.25) is 0 Å². The minimum absolute atomic E-state index is 0.171. The van der Waals surface area contributed by atoms with Crippen LogP contribution in [-0.2, 0) is 9.53 Å². The Bertz CT molecular complexity index is 295. The Morgan fingerprint density at radius 2 is 2.12 bits per heavy atom. The maximum absolute atomic E-state index is 10.8. The normalized spacial score (nSPS) is 12.4. The zero-order chi connectivity index (χ0) is 12.4. The zero-order valence-electron chi connectivity index (χ0n) is 9.86. The summed E-state index contributed by atoms with van der Waals surface area (Å²) in [7, 11) is 0. The molecule has 0 aliphatic carbocycles. The predicted octanol–water partition coefficient (Wildman–Crippen LogP) is 2.26. The third-order valence-corrected chi connectivity index (χ3v) is 2.72. The number of allylic oxidation sites excluding steroid dienone is 4. The van der Waals surface area contributed by atoms with Crippen LogP contribution in [0.15, 0.2) is 35.5 Å². The molecule has 0 aliphatic rings. The molecule has 90 valence electrons. The largest absolute Gasteiger partial charge is 0.492 e. The SMILES string of the molecule is C=C/C(=C\C=C(/C)SCC(C)=O)OCCN. The van der Waals surface area contributed by atoms with Crippen molar-refractivity contribution in [2.75, 3.05) is 18.9 Å². The standard InChI is InChI=1S/C12H19NO2S/c1-4-12(15-8-7-13)6-5-11(3)16-9-10(2)14/h4-6H,1,7-9,13H2,2-3H3/b11-5+,12-6+. The van der Waals surface area contributed by atoms with Crippen molar-refractivity contribution in [1.29, 1.82) is 0 Å². The number of hydrogen-bond acceptors (Lipinski definition) is 4. The van der Waals surface area contributed by atoms with Gasteiger partial charge in [0.15, 0.2) is 0 Å². The van der Waals surface area contributed by atoms with Crippen molar-refractivity contribution in [2.45, 2.75) is 13.8 Å². The van der Waals surface area contributed by atoms with Crippen LogP contribution in [0.4, 0.5) is 0 Å². The molecule has 16 heavy (non-hydrogen) atoms. The van der Waals surface area contributed by atoms with Crippen molar-refractivity contribution in [3.63, 3.8) is 0 Å². The number of thioether (sulfide) groups is 1. The van der Waals surface area contributed by atoms with Gasteiger partial charge in [-0.1, -0.05) is 6.58 Å². The molecule has 0 aromatic rings. The van der Waals surface area contributed by atoms with Crippen molar-refractivity contribution in [3.05, 3.63) is 35.5 Å². The Balaban J connectivity index is 4.20. The first kappa shape index (κ1) is 15.0. The molecule has 0 aliphatic heterocycles. The molecule has 0 heterocycles. The lowest BCUT2D eigenvalue weighted by molar-refractivity contribution is -0.114. The van der Waals surface area contributed by atoms with Gasteiger partial charge in [0.05, 0.1) is 5.75 Å². The van der Waals surface area contributed by atoms with Crippen LogP contribution in [0.3, 0.4) is 0 Å². The molecule has 0 radical (unpaired) electrons. The minimum Gasteiger partial charge on any atom is -0.492 e. The molecule has 0 amide bonds. The van der Waals surface area contributed by atoms with E-state index in [1.165, 1.54) is 11.8 Å². The van der Waals surface area contributed by atoms with Crippen LogP contribution in [0.5, 0.6) is 0 Å². The van der Waals surface area contributed by atoms with Crippen LogP contribution >= 0.6 is 11.8 Å². The van der Waals surface area contributed by atoms with Crippen LogP contribution in [0, 0.1) is 0 Å². The zero-order valence-corrected chi connectivity index (χ0v) is 10.7. The van der Waals surface area contributed by atoms with E-state index in [2.05, 4.69) is 6.58 Å². The minimum atomic E-state index is 0.171. The third-order valence-electron chi connectivity index (χ3n) is 1.57. The molecule has 0 rings (SSSR count). The van der Waals surface area contributed by atoms with Gasteiger partial charge < -0.3 is 10.5 Å². The van der Waals surface area contributed by atoms with E-state index in [-0.39, 0.29) is 5.78 Å². The molecule has 0 saturated heterocycles. The highest BCUT2D eigenvalue weighted by Gasteiger charge is 1.95. The molecule has 4 heteroatoms. The van der Waals surface area contributed by atoms with Gasteiger partial charge in [0, 0.05) is 6.54 Å².